The monoisotopic (exact) mass is 210 g/mol. The van der Waals surface area contributed by atoms with Gasteiger partial charge < -0.3 is 11.1 Å². The Morgan fingerprint density at radius 2 is 2.20 bits per heavy atom. The van der Waals surface area contributed by atoms with E-state index in [1.807, 2.05) is 6.92 Å². The molecular formula is C12H22N2O. The molecular weight excluding hydrogens is 188 g/mol. The van der Waals surface area contributed by atoms with Crippen molar-refractivity contribution in [3.05, 3.63) is 0 Å². The molecule has 3 heteroatoms. The van der Waals surface area contributed by atoms with E-state index in [2.05, 4.69) is 5.32 Å². The van der Waals surface area contributed by atoms with Crippen molar-refractivity contribution in [1.29, 1.82) is 0 Å². The smallest absolute Gasteiger partial charge is 0.221 e. The second kappa shape index (κ2) is 4.12. The fraction of sp³-hybridized carbons (Fsp3) is 0.917. The highest BCUT2D eigenvalue weighted by Crippen LogP contribution is 2.56. The standard InChI is InChI=1S/C12H22N2O/c1-9(13)7-11(15)14-8-12(5-2-6-12)10-3-4-10/h9-10H,2-8,13H2,1H3,(H,14,15). The van der Waals surface area contributed by atoms with E-state index in [0.29, 0.717) is 11.8 Å². The second-order valence-electron chi connectivity index (χ2n) is 5.45. The van der Waals surface area contributed by atoms with Gasteiger partial charge in [-0.05, 0) is 43.9 Å². The molecule has 2 aliphatic carbocycles. The quantitative estimate of drug-likeness (QED) is 0.721. The van der Waals surface area contributed by atoms with Gasteiger partial charge in [0.1, 0.15) is 0 Å². The molecule has 0 bridgehead atoms. The number of hydrogen-bond acceptors (Lipinski definition) is 2. The van der Waals surface area contributed by atoms with E-state index in [9.17, 15) is 4.79 Å². The summed E-state index contributed by atoms with van der Waals surface area (Å²) in [4.78, 5) is 11.5. The Morgan fingerprint density at radius 1 is 1.53 bits per heavy atom. The first-order chi connectivity index (χ1) is 7.12. The zero-order valence-corrected chi connectivity index (χ0v) is 9.59. The van der Waals surface area contributed by atoms with Gasteiger partial charge in [-0.1, -0.05) is 6.42 Å². The summed E-state index contributed by atoms with van der Waals surface area (Å²) in [6, 6.07) is -0.0248. The molecule has 0 radical (unpaired) electrons. The maximum absolute atomic E-state index is 11.5. The first kappa shape index (κ1) is 10.9. The van der Waals surface area contributed by atoms with Gasteiger partial charge in [-0.15, -0.1) is 0 Å². The molecule has 0 aromatic heterocycles. The molecule has 2 aliphatic rings. The molecule has 0 aliphatic heterocycles. The molecule has 0 heterocycles. The number of nitrogens with one attached hydrogen (secondary N) is 1. The summed E-state index contributed by atoms with van der Waals surface area (Å²) < 4.78 is 0. The minimum atomic E-state index is -0.0248. The van der Waals surface area contributed by atoms with Gasteiger partial charge in [0.25, 0.3) is 0 Å². The van der Waals surface area contributed by atoms with Crippen molar-refractivity contribution in [3.63, 3.8) is 0 Å². The van der Waals surface area contributed by atoms with Gasteiger partial charge in [-0.2, -0.15) is 0 Å². The van der Waals surface area contributed by atoms with Gasteiger partial charge in [0.05, 0.1) is 0 Å². The Balaban J connectivity index is 1.74. The molecule has 86 valence electrons. The number of carbonyl (C=O) groups is 1. The van der Waals surface area contributed by atoms with Crippen molar-refractivity contribution in [2.24, 2.45) is 17.1 Å². The van der Waals surface area contributed by atoms with Crippen molar-refractivity contribution in [2.45, 2.75) is 51.5 Å². The first-order valence-corrected chi connectivity index (χ1v) is 6.15. The van der Waals surface area contributed by atoms with E-state index < -0.39 is 0 Å². The van der Waals surface area contributed by atoms with Crippen LogP contribution in [-0.2, 0) is 4.79 Å². The van der Waals surface area contributed by atoms with Crippen LogP contribution in [0.2, 0.25) is 0 Å². The highest BCUT2D eigenvalue weighted by molar-refractivity contribution is 5.76. The van der Waals surface area contributed by atoms with Gasteiger partial charge in [0, 0.05) is 19.0 Å². The van der Waals surface area contributed by atoms with Crippen molar-refractivity contribution in [3.8, 4) is 0 Å². The summed E-state index contributed by atoms with van der Waals surface area (Å²) in [6.45, 7) is 2.77. The molecule has 1 unspecified atom stereocenters. The third kappa shape index (κ3) is 2.51. The van der Waals surface area contributed by atoms with Gasteiger partial charge in [0.15, 0.2) is 0 Å². The number of carbonyl (C=O) groups excluding carboxylic acids is 1. The largest absolute Gasteiger partial charge is 0.355 e. The third-order valence-corrected chi connectivity index (χ3v) is 3.94. The lowest BCUT2D eigenvalue weighted by molar-refractivity contribution is -0.122. The average Bonchev–Trinajstić information content (AvgIpc) is 2.84. The first-order valence-electron chi connectivity index (χ1n) is 6.15. The molecule has 2 saturated carbocycles. The maximum atomic E-state index is 11.5. The summed E-state index contributed by atoms with van der Waals surface area (Å²) in [7, 11) is 0. The van der Waals surface area contributed by atoms with Gasteiger partial charge >= 0.3 is 0 Å². The molecule has 0 saturated heterocycles. The molecule has 0 aromatic carbocycles. The van der Waals surface area contributed by atoms with Crippen molar-refractivity contribution >= 4 is 5.91 Å². The zero-order valence-electron chi connectivity index (χ0n) is 9.59. The predicted octanol–water partition coefficient (Wildman–Crippen LogP) is 1.42. The van der Waals surface area contributed by atoms with Crippen LogP contribution in [0.3, 0.4) is 0 Å². The molecule has 0 spiro atoms. The summed E-state index contributed by atoms with van der Waals surface area (Å²) in [5, 5.41) is 3.06. The summed E-state index contributed by atoms with van der Waals surface area (Å²) in [5.74, 6) is 1.03. The van der Waals surface area contributed by atoms with Crippen LogP contribution in [0, 0.1) is 11.3 Å². The van der Waals surface area contributed by atoms with Crippen LogP contribution < -0.4 is 11.1 Å². The molecule has 2 rings (SSSR count). The maximum Gasteiger partial charge on any atom is 0.221 e. The molecule has 1 atom stereocenters. The minimum absolute atomic E-state index is 0.0248. The fourth-order valence-electron chi connectivity index (χ4n) is 2.70. The van der Waals surface area contributed by atoms with Crippen LogP contribution in [0.5, 0.6) is 0 Å². The van der Waals surface area contributed by atoms with Gasteiger partial charge in [0.2, 0.25) is 5.91 Å². The number of amides is 1. The Hall–Kier alpha value is -0.570. The van der Waals surface area contributed by atoms with Crippen molar-refractivity contribution in [1.82, 2.24) is 5.32 Å². The van der Waals surface area contributed by atoms with Crippen LogP contribution in [0.25, 0.3) is 0 Å². The minimum Gasteiger partial charge on any atom is -0.355 e. The lowest BCUT2D eigenvalue weighted by Crippen LogP contribution is -2.44. The van der Waals surface area contributed by atoms with Crippen molar-refractivity contribution in [2.75, 3.05) is 6.54 Å². The summed E-state index contributed by atoms with van der Waals surface area (Å²) in [5.41, 5.74) is 6.07. The van der Waals surface area contributed by atoms with Crippen LogP contribution in [-0.4, -0.2) is 18.5 Å². The summed E-state index contributed by atoms with van der Waals surface area (Å²) in [6.07, 6.45) is 7.19. The Kier molecular flexibility index (Phi) is 3.01. The average molecular weight is 210 g/mol. The van der Waals surface area contributed by atoms with Crippen LogP contribution in [0.4, 0.5) is 0 Å². The van der Waals surface area contributed by atoms with E-state index in [0.717, 1.165) is 12.5 Å². The second-order valence-corrected chi connectivity index (χ2v) is 5.45. The Morgan fingerprint density at radius 3 is 2.60 bits per heavy atom. The van der Waals surface area contributed by atoms with E-state index in [1.165, 1.54) is 32.1 Å². The van der Waals surface area contributed by atoms with Crippen LogP contribution >= 0.6 is 0 Å². The molecule has 2 fully saturated rings. The molecule has 1 amide bonds. The van der Waals surface area contributed by atoms with Gasteiger partial charge in [-0.3, -0.25) is 4.79 Å². The summed E-state index contributed by atoms with van der Waals surface area (Å²) >= 11 is 0. The Bertz CT molecular complexity index is 242. The van der Waals surface area contributed by atoms with E-state index in [1.54, 1.807) is 0 Å². The van der Waals surface area contributed by atoms with E-state index in [4.69, 9.17) is 5.73 Å². The van der Waals surface area contributed by atoms with Crippen LogP contribution in [0.1, 0.15) is 45.4 Å². The van der Waals surface area contributed by atoms with Crippen LogP contribution in [0.15, 0.2) is 0 Å². The fourth-order valence-corrected chi connectivity index (χ4v) is 2.70. The topological polar surface area (TPSA) is 55.1 Å². The Labute approximate surface area is 91.8 Å². The number of rotatable bonds is 5. The third-order valence-electron chi connectivity index (χ3n) is 3.94. The number of hydrogen-bond donors (Lipinski definition) is 2. The lowest BCUT2D eigenvalue weighted by Gasteiger charge is -2.42. The normalized spacial score (nSPS) is 25.5. The zero-order chi connectivity index (χ0) is 10.9. The van der Waals surface area contributed by atoms with Crippen molar-refractivity contribution < 1.29 is 4.79 Å². The highest BCUT2D eigenvalue weighted by Gasteiger charge is 2.48. The van der Waals surface area contributed by atoms with E-state index in [-0.39, 0.29) is 11.9 Å². The molecule has 3 N–H and O–H groups in total. The molecule has 15 heavy (non-hydrogen) atoms. The lowest BCUT2D eigenvalue weighted by atomic mass is 9.65. The SMILES string of the molecule is CC(N)CC(=O)NCC1(C2CC2)CCC1. The van der Waals surface area contributed by atoms with Gasteiger partial charge in [-0.25, -0.2) is 0 Å². The molecule has 0 aromatic rings. The van der Waals surface area contributed by atoms with E-state index >= 15 is 0 Å². The predicted molar refractivity (Wildman–Crippen MR) is 60.3 cm³/mol. The molecule has 3 nitrogen and oxygen atoms in total. The number of nitrogens with two attached hydrogens (primary N) is 1. The highest BCUT2D eigenvalue weighted by atomic mass is 16.1.